The second-order valence-corrected chi connectivity index (χ2v) is 9.10. The summed E-state index contributed by atoms with van der Waals surface area (Å²) in [6.07, 6.45) is -1.13. The van der Waals surface area contributed by atoms with Gasteiger partial charge in [-0.1, -0.05) is 12.1 Å². The maximum Gasteiger partial charge on any atom is 0.338 e. The number of rotatable bonds is 7. The van der Waals surface area contributed by atoms with Crippen LogP contribution in [0.15, 0.2) is 71.6 Å². The number of ether oxygens (including phenoxy) is 1. The van der Waals surface area contributed by atoms with Crippen LogP contribution in [0.1, 0.15) is 28.4 Å². The first kappa shape index (κ1) is 23.9. The standard InChI is InChI=1S/C24H23FN2O5S/c1-15-5-4-6-22(16(15)2)27-33(30,31)21-13-7-18(8-14-21)24(29)32-17(3)23(28)26-20-11-9-19(25)10-12-20/h4-14,17,27H,1-3H3,(H,26,28)/t17-/m1/s1. The highest BCUT2D eigenvalue weighted by Gasteiger charge is 2.21. The summed E-state index contributed by atoms with van der Waals surface area (Å²) in [6.45, 7) is 5.10. The van der Waals surface area contributed by atoms with Gasteiger partial charge < -0.3 is 10.1 Å². The van der Waals surface area contributed by atoms with Gasteiger partial charge in [-0.05, 0) is 86.5 Å². The Bertz CT molecular complexity index is 1270. The molecule has 0 saturated carbocycles. The van der Waals surface area contributed by atoms with Crippen molar-refractivity contribution in [3.05, 3.63) is 89.2 Å². The van der Waals surface area contributed by atoms with Gasteiger partial charge in [0.25, 0.3) is 15.9 Å². The zero-order chi connectivity index (χ0) is 24.2. The quantitative estimate of drug-likeness (QED) is 0.498. The molecule has 0 spiro atoms. The first-order valence-electron chi connectivity index (χ1n) is 10.0. The van der Waals surface area contributed by atoms with Crippen LogP contribution in [0, 0.1) is 19.7 Å². The Labute approximate surface area is 191 Å². The van der Waals surface area contributed by atoms with Crippen LogP contribution in [0.3, 0.4) is 0 Å². The molecule has 0 bridgehead atoms. The Kier molecular flexibility index (Phi) is 7.13. The fourth-order valence-corrected chi connectivity index (χ4v) is 4.02. The third-order valence-corrected chi connectivity index (χ3v) is 6.40. The summed E-state index contributed by atoms with van der Waals surface area (Å²) in [5.74, 6) is -1.82. The summed E-state index contributed by atoms with van der Waals surface area (Å²) in [6, 6.07) is 15.6. The fourth-order valence-electron chi connectivity index (χ4n) is 2.89. The van der Waals surface area contributed by atoms with E-state index in [1.54, 1.807) is 12.1 Å². The molecule has 3 aromatic rings. The summed E-state index contributed by atoms with van der Waals surface area (Å²) in [7, 11) is -3.86. The highest BCUT2D eigenvalue weighted by atomic mass is 32.2. The molecule has 3 aromatic carbocycles. The number of carbonyl (C=O) groups is 2. The summed E-state index contributed by atoms with van der Waals surface area (Å²) < 4.78 is 46.1. The molecule has 0 aromatic heterocycles. The van der Waals surface area contributed by atoms with Gasteiger partial charge in [0.15, 0.2) is 6.10 Å². The number of esters is 1. The molecule has 0 heterocycles. The topological polar surface area (TPSA) is 102 Å². The van der Waals surface area contributed by atoms with Crippen molar-refractivity contribution in [1.29, 1.82) is 0 Å². The number of hydrogen-bond donors (Lipinski definition) is 2. The van der Waals surface area contributed by atoms with Gasteiger partial charge in [0.2, 0.25) is 0 Å². The van der Waals surface area contributed by atoms with E-state index in [1.165, 1.54) is 55.5 Å². The summed E-state index contributed by atoms with van der Waals surface area (Å²) in [5.41, 5.74) is 2.68. The highest BCUT2D eigenvalue weighted by molar-refractivity contribution is 7.92. The minimum Gasteiger partial charge on any atom is -0.449 e. The largest absolute Gasteiger partial charge is 0.449 e. The molecule has 0 fully saturated rings. The molecule has 9 heteroatoms. The van der Waals surface area contributed by atoms with Gasteiger partial charge in [-0.25, -0.2) is 17.6 Å². The molecule has 0 aliphatic heterocycles. The van der Waals surface area contributed by atoms with Crippen LogP contribution in [0.25, 0.3) is 0 Å². The van der Waals surface area contributed by atoms with Crippen LogP contribution in [0.5, 0.6) is 0 Å². The van der Waals surface area contributed by atoms with E-state index in [0.717, 1.165) is 11.1 Å². The molecule has 0 aliphatic rings. The third-order valence-electron chi connectivity index (χ3n) is 5.01. The Balaban J connectivity index is 1.64. The molecule has 0 radical (unpaired) electrons. The van der Waals surface area contributed by atoms with Gasteiger partial charge in [-0.15, -0.1) is 0 Å². The van der Waals surface area contributed by atoms with E-state index in [9.17, 15) is 22.4 Å². The fraction of sp³-hybridized carbons (Fsp3) is 0.167. The van der Waals surface area contributed by atoms with Crippen molar-refractivity contribution < 1.29 is 27.1 Å². The van der Waals surface area contributed by atoms with Gasteiger partial charge in [0, 0.05) is 5.69 Å². The summed E-state index contributed by atoms with van der Waals surface area (Å²) >= 11 is 0. The molecule has 1 atom stereocenters. The van der Waals surface area contributed by atoms with Crippen LogP contribution in [-0.4, -0.2) is 26.4 Å². The SMILES string of the molecule is Cc1cccc(NS(=O)(=O)c2ccc(C(=O)O[C@H](C)C(=O)Nc3ccc(F)cc3)cc2)c1C. The van der Waals surface area contributed by atoms with Crippen LogP contribution in [-0.2, 0) is 19.6 Å². The van der Waals surface area contributed by atoms with E-state index < -0.39 is 33.8 Å². The normalized spacial score (nSPS) is 12.0. The van der Waals surface area contributed by atoms with Crippen molar-refractivity contribution in [2.75, 3.05) is 10.0 Å². The van der Waals surface area contributed by atoms with Gasteiger partial charge in [0.1, 0.15) is 5.82 Å². The van der Waals surface area contributed by atoms with E-state index in [0.29, 0.717) is 11.4 Å². The molecule has 0 saturated heterocycles. The van der Waals surface area contributed by atoms with Crippen LogP contribution >= 0.6 is 0 Å². The van der Waals surface area contributed by atoms with Crippen molar-refractivity contribution in [3.8, 4) is 0 Å². The number of benzene rings is 3. The molecule has 33 heavy (non-hydrogen) atoms. The number of aryl methyl sites for hydroxylation is 1. The molecule has 7 nitrogen and oxygen atoms in total. The molecule has 3 rings (SSSR count). The van der Waals surface area contributed by atoms with Gasteiger partial charge in [-0.2, -0.15) is 0 Å². The Hall–Kier alpha value is -3.72. The second kappa shape index (κ2) is 9.83. The molecular formula is C24H23FN2O5S. The lowest BCUT2D eigenvalue weighted by Gasteiger charge is -2.14. The monoisotopic (exact) mass is 470 g/mol. The number of amides is 1. The average molecular weight is 471 g/mol. The van der Waals surface area contributed by atoms with Crippen molar-refractivity contribution in [2.24, 2.45) is 0 Å². The van der Waals surface area contributed by atoms with Gasteiger partial charge >= 0.3 is 5.97 Å². The third kappa shape index (κ3) is 5.95. The summed E-state index contributed by atoms with van der Waals surface area (Å²) in [5, 5.41) is 2.52. The minimum absolute atomic E-state index is 0.0259. The van der Waals surface area contributed by atoms with E-state index in [-0.39, 0.29) is 10.5 Å². The van der Waals surface area contributed by atoms with E-state index >= 15 is 0 Å². The van der Waals surface area contributed by atoms with Crippen molar-refractivity contribution in [1.82, 2.24) is 0 Å². The van der Waals surface area contributed by atoms with Crippen LogP contribution in [0.4, 0.5) is 15.8 Å². The molecule has 0 aliphatic carbocycles. The molecule has 172 valence electrons. The number of anilines is 2. The first-order valence-corrected chi connectivity index (χ1v) is 11.5. The van der Waals surface area contributed by atoms with Gasteiger partial charge in [-0.3, -0.25) is 9.52 Å². The number of carbonyl (C=O) groups excluding carboxylic acids is 2. The van der Waals surface area contributed by atoms with Crippen LogP contribution in [0.2, 0.25) is 0 Å². The summed E-state index contributed by atoms with van der Waals surface area (Å²) in [4.78, 5) is 24.6. The number of sulfonamides is 1. The molecule has 0 unspecified atom stereocenters. The lowest BCUT2D eigenvalue weighted by molar-refractivity contribution is -0.123. The molecule has 2 N–H and O–H groups in total. The van der Waals surface area contributed by atoms with E-state index in [2.05, 4.69) is 10.0 Å². The zero-order valence-electron chi connectivity index (χ0n) is 18.3. The minimum atomic E-state index is -3.86. The number of hydrogen-bond acceptors (Lipinski definition) is 5. The predicted octanol–water partition coefficient (Wildman–Crippen LogP) is 4.43. The average Bonchev–Trinajstić information content (AvgIpc) is 2.78. The van der Waals surface area contributed by atoms with Crippen molar-refractivity contribution >= 4 is 33.3 Å². The molecule has 1 amide bonds. The van der Waals surface area contributed by atoms with E-state index in [1.807, 2.05) is 19.9 Å². The first-order chi connectivity index (χ1) is 15.6. The maximum atomic E-state index is 13.0. The Morgan fingerprint density at radius 2 is 1.58 bits per heavy atom. The van der Waals surface area contributed by atoms with Gasteiger partial charge in [0.05, 0.1) is 16.1 Å². The smallest absolute Gasteiger partial charge is 0.338 e. The van der Waals surface area contributed by atoms with E-state index in [4.69, 9.17) is 4.74 Å². The zero-order valence-corrected chi connectivity index (χ0v) is 19.1. The number of halogens is 1. The van der Waals surface area contributed by atoms with Crippen molar-refractivity contribution in [3.63, 3.8) is 0 Å². The lowest BCUT2D eigenvalue weighted by atomic mass is 10.1. The van der Waals surface area contributed by atoms with Crippen molar-refractivity contribution in [2.45, 2.75) is 31.8 Å². The maximum absolute atomic E-state index is 13.0. The predicted molar refractivity (Wildman–Crippen MR) is 123 cm³/mol. The molecular weight excluding hydrogens is 447 g/mol. The van der Waals surface area contributed by atoms with Crippen LogP contribution < -0.4 is 10.0 Å². The second-order valence-electron chi connectivity index (χ2n) is 7.42. The Morgan fingerprint density at radius 1 is 0.939 bits per heavy atom. The lowest BCUT2D eigenvalue weighted by Crippen LogP contribution is -2.30. The Morgan fingerprint density at radius 3 is 2.21 bits per heavy atom. The highest BCUT2D eigenvalue weighted by Crippen LogP contribution is 2.22. The number of nitrogens with one attached hydrogen (secondary N) is 2.